The highest BCUT2D eigenvalue weighted by molar-refractivity contribution is 5.87. The summed E-state index contributed by atoms with van der Waals surface area (Å²) < 4.78 is 0. The minimum atomic E-state index is -0.520. The van der Waals surface area contributed by atoms with Crippen LogP contribution in [0.1, 0.15) is 5.56 Å². The van der Waals surface area contributed by atoms with Crippen LogP contribution < -0.4 is 5.32 Å². The van der Waals surface area contributed by atoms with Crippen molar-refractivity contribution in [2.75, 3.05) is 6.54 Å². The molecule has 4 heteroatoms. The zero-order chi connectivity index (χ0) is 15.1. The lowest BCUT2D eigenvalue weighted by atomic mass is 10.0. The number of amides is 1. The van der Waals surface area contributed by atoms with E-state index in [-0.39, 0.29) is 17.6 Å². The molecule has 3 N–H and O–H groups in total. The van der Waals surface area contributed by atoms with Crippen molar-refractivity contribution in [1.82, 2.24) is 5.32 Å². The Morgan fingerprint density at radius 3 is 2.48 bits per heavy atom. The summed E-state index contributed by atoms with van der Waals surface area (Å²) >= 11 is 0. The summed E-state index contributed by atoms with van der Waals surface area (Å²) in [4.78, 5) is 11.7. The lowest BCUT2D eigenvalue weighted by Crippen LogP contribution is -2.23. The number of aliphatic hydroxyl groups excluding tert-OH is 1. The summed E-state index contributed by atoms with van der Waals surface area (Å²) in [6.45, 7) is 0.545. The number of rotatable bonds is 5. The van der Waals surface area contributed by atoms with Crippen molar-refractivity contribution >= 4 is 5.91 Å². The van der Waals surface area contributed by atoms with Crippen LogP contribution in [0, 0.1) is 5.92 Å². The van der Waals surface area contributed by atoms with E-state index in [0.29, 0.717) is 6.54 Å². The van der Waals surface area contributed by atoms with Gasteiger partial charge >= 0.3 is 0 Å². The fourth-order valence-corrected chi connectivity index (χ4v) is 1.99. The Hall–Kier alpha value is -2.33. The molecule has 110 valence electrons. The average molecular weight is 285 g/mol. The maximum Gasteiger partial charge on any atom is 0.243 e. The number of benzene rings is 1. The highest BCUT2D eigenvalue weighted by atomic mass is 16.3. The predicted molar refractivity (Wildman–Crippen MR) is 81.7 cm³/mol. The molecule has 0 aromatic heterocycles. The van der Waals surface area contributed by atoms with Gasteiger partial charge in [-0.05, 0) is 30.2 Å². The summed E-state index contributed by atoms with van der Waals surface area (Å²) in [6, 6.07) is 6.93. The zero-order valence-electron chi connectivity index (χ0n) is 11.6. The van der Waals surface area contributed by atoms with Gasteiger partial charge in [-0.3, -0.25) is 4.79 Å². The summed E-state index contributed by atoms with van der Waals surface area (Å²) in [5.74, 6) is 0.155. The molecule has 0 radical (unpaired) electrons. The van der Waals surface area contributed by atoms with Crippen molar-refractivity contribution < 1.29 is 15.0 Å². The Kier molecular flexibility index (Phi) is 5.35. The molecular formula is C17H19NO3. The van der Waals surface area contributed by atoms with E-state index >= 15 is 0 Å². The number of carbonyl (C=O) groups excluding carboxylic acids is 1. The van der Waals surface area contributed by atoms with Gasteiger partial charge in [0.2, 0.25) is 5.91 Å². The summed E-state index contributed by atoms with van der Waals surface area (Å²) in [7, 11) is 0. The second kappa shape index (κ2) is 7.45. The molecule has 0 atom stereocenters. The topological polar surface area (TPSA) is 69.6 Å². The molecule has 0 saturated heterocycles. The molecule has 0 unspecified atom stereocenters. The average Bonchev–Trinajstić information content (AvgIpc) is 2.49. The van der Waals surface area contributed by atoms with Gasteiger partial charge in [0.25, 0.3) is 0 Å². The van der Waals surface area contributed by atoms with Crippen LogP contribution in [-0.2, 0) is 11.2 Å². The van der Waals surface area contributed by atoms with Gasteiger partial charge in [-0.15, -0.1) is 0 Å². The standard InChI is InChI=1S/C17H19NO3/c19-15-6-1-13(2-7-15)5-10-17(21)18-12-11-14-3-8-16(20)9-4-14/h1-10,13,15,19-20H,11-12H2,(H,18,21)/b10-5+. The van der Waals surface area contributed by atoms with Gasteiger partial charge in [0, 0.05) is 12.5 Å². The number of hydrogen-bond donors (Lipinski definition) is 3. The quantitative estimate of drug-likeness (QED) is 0.570. The molecule has 21 heavy (non-hydrogen) atoms. The summed E-state index contributed by atoms with van der Waals surface area (Å²) in [6.07, 6.45) is 10.6. The third-order valence-corrected chi connectivity index (χ3v) is 3.18. The number of hydrogen-bond acceptors (Lipinski definition) is 3. The fourth-order valence-electron chi connectivity index (χ4n) is 1.99. The maximum absolute atomic E-state index is 11.7. The Labute approximate surface area is 124 Å². The van der Waals surface area contributed by atoms with E-state index in [1.165, 1.54) is 6.08 Å². The fraction of sp³-hybridized carbons (Fsp3) is 0.235. The largest absolute Gasteiger partial charge is 0.508 e. The smallest absolute Gasteiger partial charge is 0.243 e. The van der Waals surface area contributed by atoms with Crippen LogP contribution in [0.4, 0.5) is 0 Å². The van der Waals surface area contributed by atoms with Gasteiger partial charge in [0.1, 0.15) is 5.75 Å². The minimum Gasteiger partial charge on any atom is -0.508 e. The first-order valence-corrected chi connectivity index (χ1v) is 6.92. The molecule has 0 saturated carbocycles. The van der Waals surface area contributed by atoms with E-state index in [1.54, 1.807) is 30.4 Å². The van der Waals surface area contributed by atoms with Gasteiger partial charge < -0.3 is 15.5 Å². The molecule has 1 aliphatic rings. The second-order valence-electron chi connectivity index (χ2n) is 4.90. The Bertz CT molecular complexity index is 544. The number of phenols is 1. The van der Waals surface area contributed by atoms with Gasteiger partial charge in [-0.25, -0.2) is 0 Å². The van der Waals surface area contributed by atoms with Crippen molar-refractivity contribution in [2.24, 2.45) is 5.92 Å². The maximum atomic E-state index is 11.7. The molecule has 0 aliphatic heterocycles. The first kappa shape index (κ1) is 15.1. The predicted octanol–water partition coefficient (Wildman–Crippen LogP) is 1.71. The number of nitrogens with one attached hydrogen (secondary N) is 1. The van der Waals surface area contributed by atoms with Crippen LogP contribution in [0.3, 0.4) is 0 Å². The van der Waals surface area contributed by atoms with Crippen molar-refractivity contribution in [3.63, 3.8) is 0 Å². The minimum absolute atomic E-state index is 0.0521. The van der Waals surface area contributed by atoms with Crippen LogP contribution >= 0.6 is 0 Å². The van der Waals surface area contributed by atoms with E-state index in [1.807, 2.05) is 24.3 Å². The first-order chi connectivity index (χ1) is 10.1. The molecule has 0 heterocycles. The Morgan fingerprint density at radius 2 is 1.81 bits per heavy atom. The third kappa shape index (κ3) is 5.28. The number of phenolic OH excluding ortho intramolecular Hbond substituents is 1. The molecule has 0 fully saturated rings. The highest BCUT2D eigenvalue weighted by Gasteiger charge is 2.04. The highest BCUT2D eigenvalue weighted by Crippen LogP contribution is 2.11. The van der Waals surface area contributed by atoms with Gasteiger partial charge in [0.05, 0.1) is 6.10 Å². The summed E-state index contributed by atoms with van der Waals surface area (Å²) in [5, 5.41) is 21.2. The van der Waals surface area contributed by atoms with Crippen molar-refractivity contribution in [3.8, 4) is 5.75 Å². The molecule has 1 aromatic rings. The van der Waals surface area contributed by atoms with Crippen molar-refractivity contribution in [3.05, 3.63) is 66.3 Å². The molecule has 1 aliphatic carbocycles. The van der Waals surface area contributed by atoms with E-state index in [4.69, 9.17) is 0 Å². The van der Waals surface area contributed by atoms with Crippen LogP contribution in [0.2, 0.25) is 0 Å². The van der Waals surface area contributed by atoms with Crippen LogP contribution in [-0.4, -0.2) is 28.8 Å². The molecule has 0 bridgehead atoms. The number of aromatic hydroxyl groups is 1. The lowest BCUT2D eigenvalue weighted by molar-refractivity contribution is -0.116. The third-order valence-electron chi connectivity index (χ3n) is 3.18. The van der Waals surface area contributed by atoms with E-state index in [2.05, 4.69) is 5.32 Å². The lowest BCUT2D eigenvalue weighted by Gasteiger charge is -2.09. The van der Waals surface area contributed by atoms with E-state index in [0.717, 1.165) is 12.0 Å². The number of aliphatic hydroxyl groups is 1. The molecule has 2 rings (SSSR count). The van der Waals surface area contributed by atoms with E-state index in [9.17, 15) is 15.0 Å². The van der Waals surface area contributed by atoms with E-state index < -0.39 is 6.10 Å². The van der Waals surface area contributed by atoms with Gasteiger partial charge in [-0.2, -0.15) is 0 Å². The normalized spacial score (nSPS) is 20.8. The zero-order valence-corrected chi connectivity index (χ0v) is 11.6. The Morgan fingerprint density at radius 1 is 1.14 bits per heavy atom. The van der Waals surface area contributed by atoms with Crippen LogP contribution in [0.25, 0.3) is 0 Å². The molecule has 0 spiro atoms. The van der Waals surface area contributed by atoms with Crippen molar-refractivity contribution in [2.45, 2.75) is 12.5 Å². The van der Waals surface area contributed by atoms with Crippen LogP contribution in [0.15, 0.2) is 60.7 Å². The molecule has 4 nitrogen and oxygen atoms in total. The Balaban J connectivity index is 1.71. The first-order valence-electron chi connectivity index (χ1n) is 6.92. The molecule has 1 aromatic carbocycles. The second-order valence-corrected chi connectivity index (χ2v) is 4.90. The van der Waals surface area contributed by atoms with Gasteiger partial charge in [-0.1, -0.05) is 42.5 Å². The van der Waals surface area contributed by atoms with Crippen molar-refractivity contribution in [1.29, 1.82) is 0 Å². The summed E-state index contributed by atoms with van der Waals surface area (Å²) in [5.41, 5.74) is 1.06. The molecular weight excluding hydrogens is 266 g/mol. The SMILES string of the molecule is O=C(/C=C/C1C=CC(O)C=C1)NCCc1ccc(O)cc1. The van der Waals surface area contributed by atoms with Gasteiger partial charge in [0.15, 0.2) is 0 Å². The monoisotopic (exact) mass is 285 g/mol. The van der Waals surface area contributed by atoms with Crippen LogP contribution in [0.5, 0.6) is 5.75 Å². The molecule has 1 amide bonds. The number of carbonyl (C=O) groups is 1. The number of allylic oxidation sites excluding steroid dienone is 3.